The Morgan fingerprint density at radius 2 is 0.667 bits per heavy atom. The van der Waals surface area contributed by atoms with Crippen molar-refractivity contribution in [3.05, 3.63) is 0 Å². The van der Waals surface area contributed by atoms with E-state index in [-0.39, 0.29) is 66.6 Å². The molecule has 48 heavy (non-hydrogen) atoms. The molecule has 0 saturated heterocycles. The predicted octanol–water partition coefficient (Wildman–Crippen LogP) is 9.01. The first-order chi connectivity index (χ1) is 22.6. The van der Waals surface area contributed by atoms with Crippen molar-refractivity contribution >= 4 is 65.3 Å². The molecule has 0 aromatic heterocycles. The average molecular weight is 984 g/mol. The zero-order valence-electron chi connectivity index (χ0n) is 32.7. The summed E-state index contributed by atoms with van der Waals surface area (Å²) in [6, 6.07) is 0. The first-order valence-electron chi connectivity index (χ1n) is 19.9. The molecule has 0 bridgehead atoms. The van der Waals surface area contributed by atoms with E-state index in [4.69, 9.17) is 0 Å². The summed E-state index contributed by atoms with van der Waals surface area (Å²) in [6.07, 6.45) is 31.3. The van der Waals surface area contributed by atoms with Gasteiger partial charge in [0.1, 0.15) is 0 Å². The van der Waals surface area contributed by atoms with Gasteiger partial charge in [0.25, 0.3) is 0 Å². The van der Waals surface area contributed by atoms with Crippen molar-refractivity contribution in [1.29, 1.82) is 0 Å². The molecule has 0 aromatic rings. The summed E-state index contributed by atoms with van der Waals surface area (Å²) >= 11 is 0.149. The van der Waals surface area contributed by atoms with E-state index in [0.29, 0.717) is 5.92 Å². The van der Waals surface area contributed by atoms with Crippen LogP contribution >= 0.6 is 0 Å². The Morgan fingerprint density at radius 3 is 0.917 bits per heavy atom. The van der Waals surface area contributed by atoms with Crippen molar-refractivity contribution in [2.75, 3.05) is 0 Å². The second kappa shape index (κ2) is 53.9. The number of carboxylic acids is 3. The van der Waals surface area contributed by atoms with Gasteiger partial charge in [-0.2, -0.15) is 0 Å². The van der Waals surface area contributed by atoms with Crippen LogP contribution in [0.1, 0.15) is 221 Å². The third-order valence-electron chi connectivity index (χ3n) is 7.80. The van der Waals surface area contributed by atoms with Crippen LogP contribution < -0.4 is 15.3 Å². The third kappa shape index (κ3) is 76.1. The zero-order valence-corrected chi connectivity index (χ0v) is 39.0. The van der Waals surface area contributed by atoms with Crippen LogP contribution in [0.15, 0.2) is 0 Å². The molecule has 0 aliphatic rings. The molecule has 0 saturated carbocycles. The normalized spacial score (nSPS) is 9.90. The Balaban J connectivity index is -0.000000173. The van der Waals surface area contributed by atoms with Crippen molar-refractivity contribution in [3.8, 4) is 0 Å². The minimum Gasteiger partial charge on any atom is 3.00 e. The fourth-order valence-corrected chi connectivity index (χ4v) is 8.87. The Bertz CT molecular complexity index is 581. The number of rotatable bonds is 31. The predicted molar refractivity (Wildman–Crippen MR) is 203 cm³/mol. The van der Waals surface area contributed by atoms with E-state index in [0.717, 1.165) is 44.9 Å². The van der Waals surface area contributed by atoms with Gasteiger partial charge in [-0.3, -0.25) is 0 Å². The zero-order chi connectivity index (χ0) is 36.2. The molecule has 0 amide bonds. The first-order valence-corrected chi connectivity index (χ1v) is 23.9. The molecule has 0 unspecified atom stereocenters. The van der Waals surface area contributed by atoms with Gasteiger partial charge in [-0.05, 0) is 44.4 Å². The molecule has 0 aliphatic heterocycles. The number of hydrogen-bond donors (Lipinski definition) is 0. The summed E-state index contributed by atoms with van der Waals surface area (Å²) in [5.41, 5.74) is 0. The van der Waals surface area contributed by atoms with Crippen LogP contribution in [0.2, 0.25) is 8.87 Å². The molecule has 0 aromatic carbocycles. The number of carbonyl (C=O) groups excluding carboxylic acids is 3. The monoisotopic (exact) mass is 984 g/mol. The third-order valence-corrected chi connectivity index (χ3v) is 11.8. The number of aliphatic carboxylic acids is 3. The van der Waals surface area contributed by atoms with Crippen LogP contribution in [-0.4, -0.2) is 65.3 Å². The second-order valence-electron chi connectivity index (χ2n) is 13.4. The number of hydrogen-bond acceptors (Lipinski definition) is 6. The van der Waals surface area contributed by atoms with Crippen LogP contribution in [0.25, 0.3) is 0 Å². The minimum absolute atomic E-state index is 0. The molecule has 8 heteroatoms. The molecular formula is C40H79BiO6Sn+2. The van der Waals surface area contributed by atoms with Crippen LogP contribution in [0.3, 0.4) is 0 Å². The van der Waals surface area contributed by atoms with E-state index in [1.54, 1.807) is 8.87 Å². The Hall–Kier alpha value is 0.0918. The molecule has 0 spiro atoms. The van der Waals surface area contributed by atoms with Crippen LogP contribution in [0.5, 0.6) is 0 Å². The molecule has 2 radical (unpaired) electrons. The van der Waals surface area contributed by atoms with Gasteiger partial charge in [0, 0.05) is 17.9 Å². The van der Waals surface area contributed by atoms with Crippen molar-refractivity contribution in [3.63, 3.8) is 0 Å². The molecule has 6 nitrogen and oxygen atoms in total. The van der Waals surface area contributed by atoms with Gasteiger partial charge < -0.3 is 29.7 Å². The van der Waals surface area contributed by atoms with E-state index in [1.165, 1.54) is 116 Å². The molecule has 0 aliphatic carbocycles. The summed E-state index contributed by atoms with van der Waals surface area (Å²) in [5.74, 6) is -2.06. The van der Waals surface area contributed by atoms with E-state index in [2.05, 4.69) is 41.5 Å². The van der Waals surface area contributed by atoms with E-state index in [9.17, 15) is 29.7 Å². The van der Waals surface area contributed by atoms with E-state index >= 15 is 0 Å². The molecule has 0 N–H and O–H groups in total. The molecule has 0 rings (SSSR count). The fourth-order valence-electron chi connectivity index (χ4n) is 4.71. The maximum absolute atomic E-state index is 10.1. The Kier molecular flexibility index (Phi) is 64.5. The molecule has 282 valence electrons. The van der Waals surface area contributed by atoms with E-state index < -0.39 is 17.9 Å². The van der Waals surface area contributed by atoms with Gasteiger partial charge in [-0.15, -0.1) is 0 Å². The summed E-state index contributed by atoms with van der Waals surface area (Å²) in [5, 5.41) is 30.1. The summed E-state index contributed by atoms with van der Waals surface area (Å²) in [7, 11) is 0. The summed E-state index contributed by atoms with van der Waals surface area (Å²) in [6.45, 7) is 13.3. The number of unbranched alkanes of at least 4 members (excludes halogenated alkanes) is 19. The van der Waals surface area contributed by atoms with Gasteiger partial charge in [0.15, 0.2) is 0 Å². The second-order valence-corrected chi connectivity index (χ2v) is 17.7. The maximum atomic E-state index is 10.1. The smallest absolute Gasteiger partial charge is 3.00 e. The van der Waals surface area contributed by atoms with Gasteiger partial charge in [-0.25, -0.2) is 0 Å². The van der Waals surface area contributed by atoms with Crippen molar-refractivity contribution < 1.29 is 29.7 Å². The number of carbonyl (C=O) groups is 3. The van der Waals surface area contributed by atoms with Gasteiger partial charge >= 0.3 is 95.7 Å². The van der Waals surface area contributed by atoms with Gasteiger partial charge in [0.05, 0.1) is 0 Å². The molecule has 0 atom stereocenters. The van der Waals surface area contributed by atoms with Crippen LogP contribution in [0, 0.1) is 5.92 Å². The quantitative estimate of drug-likeness (QED) is 0.0506. The van der Waals surface area contributed by atoms with Gasteiger partial charge in [-0.1, -0.05) is 143 Å². The molecular weight excluding hydrogens is 904 g/mol. The van der Waals surface area contributed by atoms with E-state index in [1.807, 2.05) is 0 Å². The van der Waals surface area contributed by atoms with Crippen molar-refractivity contribution in [1.82, 2.24) is 0 Å². The van der Waals surface area contributed by atoms with Crippen molar-refractivity contribution in [2.24, 2.45) is 5.92 Å². The Labute approximate surface area is 328 Å². The largest absolute Gasteiger partial charge is 3.00 e. The minimum atomic E-state index is -0.927. The number of carboxylic acid groups (broad SMARTS) is 3. The average Bonchev–Trinajstić information content (AvgIpc) is 3.02. The topological polar surface area (TPSA) is 120 Å². The maximum Gasteiger partial charge on any atom is 3.00 e. The first kappa shape index (κ1) is 57.4. The standard InChI is InChI=1S/2C12H24O2.C8H16O2.2C4H9.Bi.Sn/c2*1-2-3-4-5-6-7-8-9-10-11-12(13)14;1-7(2)5-3-4-6-8(9)10;2*1-3-4-2;;/h2*2-11H2,1H3,(H,13,14);7H,3-6H2,1-2H3,(H,9,10);2*1,3-4H2,2H3;;/q;;;;;+3;+2/p-3. The van der Waals surface area contributed by atoms with Crippen LogP contribution in [-0.2, 0) is 14.4 Å². The summed E-state index contributed by atoms with van der Waals surface area (Å²) in [4.78, 5) is 30.1. The SMILES string of the molecule is CC(C)CCCCC(=O)[O-].CCCCCCCCCCCC(=O)[O-].CCCCCCCCCCCC(=O)[O-].CCC[CH2][Sn+2][CH2]CCC.[Bi+3]. The van der Waals surface area contributed by atoms with Crippen LogP contribution in [0.4, 0.5) is 0 Å². The molecule has 0 fully saturated rings. The summed E-state index contributed by atoms with van der Waals surface area (Å²) < 4.78 is 3.25. The fraction of sp³-hybridized carbons (Fsp3) is 0.925. The van der Waals surface area contributed by atoms with Gasteiger partial charge in [0.2, 0.25) is 0 Å². The van der Waals surface area contributed by atoms with Crippen molar-refractivity contribution in [2.45, 2.75) is 230 Å². The Morgan fingerprint density at radius 1 is 0.417 bits per heavy atom. The molecule has 0 heterocycles.